The summed E-state index contributed by atoms with van der Waals surface area (Å²) in [5.41, 5.74) is 2.85. The number of halogens is 1. The van der Waals surface area contributed by atoms with Crippen molar-refractivity contribution in [2.45, 2.75) is 33.1 Å². The number of anilines is 1. The van der Waals surface area contributed by atoms with Crippen molar-refractivity contribution in [1.82, 2.24) is 5.32 Å². The number of hydrogen-bond donors (Lipinski definition) is 1. The van der Waals surface area contributed by atoms with E-state index in [4.69, 9.17) is 14.2 Å². The summed E-state index contributed by atoms with van der Waals surface area (Å²) in [7, 11) is 1.50. The lowest BCUT2D eigenvalue weighted by Gasteiger charge is -2.26. The largest absolute Gasteiger partial charge is 0.493 e. The van der Waals surface area contributed by atoms with Crippen LogP contribution in [0.5, 0.6) is 17.2 Å². The van der Waals surface area contributed by atoms with Gasteiger partial charge in [-0.3, -0.25) is 14.9 Å². The molecule has 4 amide bonds. The Balaban J connectivity index is 1.48. The molecule has 0 aliphatic carbocycles. The van der Waals surface area contributed by atoms with E-state index < -0.39 is 17.8 Å². The van der Waals surface area contributed by atoms with E-state index in [1.165, 1.54) is 18.7 Å². The molecule has 40 heavy (non-hydrogen) atoms. The monoisotopic (exact) mass is 606 g/mol. The lowest BCUT2D eigenvalue weighted by atomic mass is 9.87. The average molecular weight is 608 g/mol. The molecule has 1 N–H and O–H groups in total. The summed E-state index contributed by atoms with van der Waals surface area (Å²) in [4.78, 5) is 39.3. The van der Waals surface area contributed by atoms with Crippen LogP contribution in [0.1, 0.15) is 37.5 Å². The maximum absolute atomic E-state index is 13.2. The Morgan fingerprint density at radius 1 is 0.950 bits per heavy atom. The van der Waals surface area contributed by atoms with Gasteiger partial charge in [0.2, 0.25) is 0 Å². The number of rotatable bonds is 8. The van der Waals surface area contributed by atoms with Crippen LogP contribution in [0.25, 0.3) is 6.08 Å². The lowest BCUT2D eigenvalue weighted by Crippen LogP contribution is -2.54. The van der Waals surface area contributed by atoms with E-state index >= 15 is 0 Å². The Morgan fingerprint density at radius 3 is 2.30 bits per heavy atom. The molecule has 4 rings (SSSR count). The molecule has 208 valence electrons. The third kappa shape index (κ3) is 6.54. The number of barbiturate groups is 1. The van der Waals surface area contributed by atoms with Crippen molar-refractivity contribution in [3.05, 3.63) is 87.4 Å². The molecule has 1 aliphatic rings. The molecule has 0 atom stereocenters. The summed E-state index contributed by atoms with van der Waals surface area (Å²) in [6, 6.07) is 17.4. The summed E-state index contributed by atoms with van der Waals surface area (Å²) >= 11 is 3.50. The first-order valence-corrected chi connectivity index (χ1v) is 13.5. The molecule has 8 nitrogen and oxygen atoms in total. The molecule has 3 aromatic carbocycles. The zero-order valence-electron chi connectivity index (χ0n) is 23.0. The number of methoxy groups -OCH3 is 1. The molecule has 0 bridgehead atoms. The molecule has 0 unspecified atom stereocenters. The zero-order chi connectivity index (χ0) is 29.0. The summed E-state index contributed by atoms with van der Waals surface area (Å²) < 4.78 is 17.8. The van der Waals surface area contributed by atoms with Gasteiger partial charge in [-0.05, 0) is 87.4 Å². The van der Waals surface area contributed by atoms with E-state index in [1.54, 1.807) is 30.3 Å². The average Bonchev–Trinajstić information content (AvgIpc) is 2.89. The normalized spacial score (nSPS) is 14.8. The van der Waals surface area contributed by atoms with Crippen molar-refractivity contribution in [2.75, 3.05) is 25.2 Å². The number of imide groups is 2. The van der Waals surface area contributed by atoms with Gasteiger partial charge in [-0.25, -0.2) is 9.69 Å². The molecular formula is C31H31BrN2O6. The van der Waals surface area contributed by atoms with E-state index in [0.29, 0.717) is 33.8 Å². The van der Waals surface area contributed by atoms with E-state index in [0.717, 1.165) is 16.2 Å². The summed E-state index contributed by atoms with van der Waals surface area (Å²) in [6.45, 7) is 8.89. The van der Waals surface area contributed by atoms with Crippen molar-refractivity contribution in [3.63, 3.8) is 0 Å². The fraction of sp³-hybridized carbons (Fsp3) is 0.258. The molecule has 0 spiro atoms. The van der Waals surface area contributed by atoms with Gasteiger partial charge in [0, 0.05) is 0 Å². The van der Waals surface area contributed by atoms with Gasteiger partial charge in [0.25, 0.3) is 11.8 Å². The topological polar surface area (TPSA) is 94.2 Å². The Labute approximate surface area is 242 Å². The van der Waals surface area contributed by atoms with E-state index in [9.17, 15) is 14.4 Å². The van der Waals surface area contributed by atoms with Gasteiger partial charge in [-0.2, -0.15) is 0 Å². The van der Waals surface area contributed by atoms with Crippen LogP contribution in [-0.2, 0) is 15.0 Å². The zero-order valence-corrected chi connectivity index (χ0v) is 24.6. The second-order valence-corrected chi connectivity index (χ2v) is 11.2. The molecule has 9 heteroatoms. The van der Waals surface area contributed by atoms with Gasteiger partial charge in [0.15, 0.2) is 11.5 Å². The van der Waals surface area contributed by atoms with Crippen LogP contribution in [0, 0.1) is 6.92 Å². The number of benzene rings is 3. The lowest BCUT2D eigenvalue weighted by molar-refractivity contribution is -0.122. The number of nitrogens with one attached hydrogen (secondary N) is 1. The Kier molecular flexibility index (Phi) is 8.64. The highest BCUT2D eigenvalue weighted by Crippen LogP contribution is 2.37. The number of nitrogens with zero attached hydrogens (tertiary/aromatic N) is 1. The molecule has 1 saturated heterocycles. The SMILES string of the molecule is COc1cc(/C=C2/C(=O)NC(=O)N(c3cccc(C)c3)C2=O)cc(Br)c1OCCOc1ccc(C(C)(C)C)cc1. The second kappa shape index (κ2) is 12.0. The molecule has 0 aromatic heterocycles. The minimum absolute atomic E-state index is 0.0679. The van der Waals surface area contributed by atoms with Crippen LogP contribution in [0.3, 0.4) is 0 Å². The number of amides is 4. The number of hydrogen-bond acceptors (Lipinski definition) is 6. The number of ether oxygens (including phenoxy) is 3. The summed E-state index contributed by atoms with van der Waals surface area (Å²) in [6.07, 6.45) is 1.41. The molecule has 0 saturated carbocycles. The molecule has 1 fully saturated rings. The van der Waals surface area contributed by atoms with Crippen LogP contribution < -0.4 is 24.4 Å². The molecular weight excluding hydrogens is 576 g/mol. The van der Waals surface area contributed by atoms with Gasteiger partial charge in [0.05, 0.1) is 17.3 Å². The van der Waals surface area contributed by atoms with Crippen molar-refractivity contribution in [2.24, 2.45) is 0 Å². The van der Waals surface area contributed by atoms with Crippen molar-refractivity contribution in [3.8, 4) is 17.2 Å². The number of urea groups is 1. The van der Waals surface area contributed by atoms with Crippen LogP contribution >= 0.6 is 15.9 Å². The van der Waals surface area contributed by atoms with E-state index in [1.807, 2.05) is 25.1 Å². The Morgan fingerprint density at radius 2 is 1.65 bits per heavy atom. The first kappa shape index (κ1) is 28.9. The maximum Gasteiger partial charge on any atom is 0.335 e. The predicted octanol–water partition coefficient (Wildman–Crippen LogP) is 6.19. The third-order valence-corrected chi connectivity index (χ3v) is 6.83. The van der Waals surface area contributed by atoms with Crippen LogP contribution in [0.4, 0.5) is 10.5 Å². The van der Waals surface area contributed by atoms with Gasteiger partial charge < -0.3 is 14.2 Å². The number of carbonyl (C=O) groups excluding carboxylic acids is 3. The molecule has 1 aliphatic heterocycles. The highest BCUT2D eigenvalue weighted by atomic mass is 79.9. The third-order valence-electron chi connectivity index (χ3n) is 6.24. The van der Waals surface area contributed by atoms with Crippen LogP contribution in [0.15, 0.2) is 70.7 Å². The van der Waals surface area contributed by atoms with Gasteiger partial charge >= 0.3 is 6.03 Å². The smallest absolute Gasteiger partial charge is 0.335 e. The fourth-order valence-electron chi connectivity index (χ4n) is 4.14. The van der Waals surface area contributed by atoms with E-state index in [2.05, 4.69) is 54.2 Å². The van der Waals surface area contributed by atoms with Crippen molar-refractivity contribution < 1.29 is 28.6 Å². The van der Waals surface area contributed by atoms with Gasteiger partial charge in [-0.15, -0.1) is 0 Å². The summed E-state index contributed by atoms with van der Waals surface area (Å²) in [5, 5.41) is 2.24. The highest BCUT2D eigenvalue weighted by molar-refractivity contribution is 9.10. The fourth-order valence-corrected chi connectivity index (χ4v) is 4.72. The molecule has 0 radical (unpaired) electrons. The summed E-state index contributed by atoms with van der Waals surface area (Å²) in [5.74, 6) is 0.0982. The minimum Gasteiger partial charge on any atom is -0.493 e. The Bertz CT molecular complexity index is 1470. The maximum atomic E-state index is 13.2. The molecule has 3 aromatic rings. The van der Waals surface area contributed by atoms with E-state index in [-0.39, 0.29) is 17.6 Å². The van der Waals surface area contributed by atoms with Crippen LogP contribution in [-0.4, -0.2) is 38.2 Å². The van der Waals surface area contributed by atoms with Crippen molar-refractivity contribution >= 4 is 45.5 Å². The van der Waals surface area contributed by atoms with Crippen molar-refractivity contribution in [1.29, 1.82) is 0 Å². The standard InChI is InChI=1S/C31H31BrN2O6/c1-19-7-6-8-22(15-19)34-29(36)24(28(35)33-30(34)37)16-20-17-25(32)27(26(18-20)38-5)40-14-13-39-23-11-9-21(10-12-23)31(2,3)4/h6-12,15-18H,13-14H2,1-5H3,(H,33,35,37)/b24-16-. The number of aryl methyl sites for hydroxylation is 1. The predicted molar refractivity (Wildman–Crippen MR) is 157 cm³/mol. The number of carbonyl (C=O) groups is 3. The van der Waals surface area contributed by atoms with Crippen LogP contribution in [0.2, 0.25) is 0 Å². The van der Waals surface area contributed by atoms with Gasteiger partial charge in [-0.1, -0.05) is 45.0 Å². The minimum atomic E-state index is -0.798. The first-order chi connectivity index (χ1) is 19.0. The van der Waals surface area contributed by atoms with Gasteiger partial charge in [0.1, 0.15) is 24.5 Å². The molecule has 1 heterocycles. The highest BCUT2D eigenvalue weighted by Gasteiger charge is 2.37. The Hall–Kier alpha value is -4.11. The second-order valence-electron chi connectivity index (χ2n) is 10.3. The quantitative estimate of drug-likeness (QED) is 0.187. The first-order valence-electron chi connectivity index (χ1n) is 12.7.